The van der Waals surface area contributed by atoms with Gasteiger partial charge in [0.2, 0.25) is 5.91 Å². The fraction of sp³-hybridized carbons (Fsp3) is 0.562. The van der Waals surface area contributed by atoms with Crippen LogP contribution in [0.1, 0.15) is 31.7 Å². The van der Waals surface area contributed by atoms with Crippen molar-refractivity contribution in [1.29, 1.82) is 0 Å². The second-order valence-electron chi connectivity index (χ2n) is 5.37. The van der Waals surface area contributed by atoms with Crippen molar-refractivity contribution in [1.82, 2.24) is 4.90 Å². The highest BCUT2D eigenvalue weighted by atomic mass is 16.5. The largest absolute Gasteiger partial charge is 0.379 e. The van der Waals surface area contributed by atoms with Crippen molar-refractivity contribution >= 4 is 11.6 Å². The van der Waals surface area contributed by atoms with Crippen molar-refractivity contribution in [3.63, 3.8) is 0 Å². The number of nitrogens with zero attached hydrogens (tertiary/aromatic N) is 1. The van der Waals surface area contributed by atoms with E-state index in [0.29, 0.717) is 12.5 Å². The minimum atomic E-state index is 0.0446. The Balaban J connectivity index is 1.84. The molecule has 4 nitrogen and oxygen atoms in total. The number of anilines is 1. The fourth-order valence-electron chi connectivity index (χ4n) is 2.29. The zero-order valence-electron chi connectivity index (χ0n) is 12.4. The maximum Gasteiger partial charge on any atom is 0.238 e. The standard InChI is InChI=1S/C16H24N2O2/c1-3-13(2)14-4-6-15(7-5-14)17-16(19)12-18-8-10-20-11-9-18/h4-7,13H,3,8-12H2,1-2H3,(H,17,19)/t13-/m1/s1. The molecule has 0 spiro atoms. The second kappa shape index (κ2) is 7.41. The molecule has 1 aromatic carbocycles. The van der Waals surface area contributed by atoms with E-state index in [2.05, 4.69) is 36.2 Å². The van der Waals surface area contributed by atoms with Gasteiger partial charge >= 0.3 is 0 Å². The number of rotatable bonds is 5. The molecule has 20 heavy (non-hydrogen) atoms. The first-order valence-electron chi connectivity index (χ1n) is 7.39. The number of carbonyl (C=O) groups is 1. The number of hydrogen-bond donors (Lipinski definition) is 1. The van der Waals surface area contributed by atoms with Gasteiger partial charge in [0.15, 0.2) is 0 Å². The summed E-state index contributed by atoms with van der Waals surface area (Å²) in [6, 6.07) is 8.16. The zero-order chi connectivity index (χ0) is 14.4. The highest BCUT2D eigenvalue weighted by Gasteiger charge is 2.14. The number of benzene rings is 1. The van der Waals surface area contributed by atoms with E-state index >= 15 is 0 Å². The van der Waals surface area contributed by atoms with Crippen LogP contribution in [0.25, 0.3) is 0 Å². The van der Waals surface area contributed by atoms with Crippen LogP contribution >= 0.6 is 0 Å². The summed E-state index contributed by atoms with van der Waals surface area (Å²) in [6.45, 7) is 7.94. The molecule has 110 valence electrons. The first kappa shape index (κ1) is 15.0. The van der Waals surface area contributed by atoms with Crippen molar-refractivity contribution in [2.75, 3.05) is 38.2 Å². The Labute approximate surface area is 121 Å². The molecule has 0 saturated carbocycles. The molecule has 0 unspecified atom stereocenters. The molecule has 1 aromatic rings. The summed E-state index contributed by atoms with van der Waals surface area (Å²) in [5.74, 6) is 0.608. The van der Waals surface area contributed by atoms with Crippen LogP contribution in [-0.4, -0.2) is 43.7 Å². The predicted octanol–water partition coefficient (Wildman–Crippen LogP) is 2.47. The Hall–Kier alpha value is -1.39. The Kier molecular flexibility index (Phi) is 5.56. The number of morpholine rings is 1. The molecule has 1 aliphatic rings. The molecule has 1 aliphatic heterocycles. The number of hydrogen-bond acceptors (Lipinski definition) is 3. The zero-order valence-corrected chi connectivity index (χ0v) is 12.4. The van der Waals surface area contributed by atoms with Gasteiger partial charge in [-0.05, 0) is 30.0 Å². The quantitative estimate of drug-likeness (QED) is 0.898. The lowest BCUT2D eigenvalue weighted by molar-refractivity contribution is -0.118. The molecular weight excluding hydrogens is 252 g/mol. The maximum atomic E-state index is 12.0. The van der Waals surface area contributed by atoms with E-state index in [1.54, 1.807) is 0 Å². The molecule has 0 radical (unpaired) electrons. The van der Waals surface area contributed by atoms with Gasteiger partial charge in [0.1, 0.15) is 0 Å². The van der Waals surface area contributed by atoms with E-state index in [1.807, 2.05) is 12.1 Å². The van der Waals surface area contributed by atoms with Crippen molar-refractivity contribution in [3.05, 3.63) is 29.8 Å². The Morgan fingerprint density at radius 3 is 2.55 bits per heavy atom. The highest BCUT2D eigenvalue weighted by molar-refractivity contribution is 5.92. The van der Waals surface area contributed by atoms with Crippen molar-refractivity contribution in [2.45, 2.75) is 26.2 Å². The molecule has 2 rings (SSSR count). The third kappa shape index (κ3) is 4.32. The number of ether oxygens (including phenoxy) is 1. The summed E-state index contributed by atoms with van der Waals surface area (Å²) in [6.07, 6.45) is 1.13. The average Bonchev–Trinajstić information content (AvgIpc) is 2.48. The van der Waals surface area contributed by atoms with E-state index in [1.165, 1.54) is 5.56 Å². The van der Waals surface area contributed by atoms with E-state index in [4.69, 9.17) is 4.74 Å². The molecule has 1 fully saturated rings. The molecular formula is C16H24N2O2. The minimum absolute atomic E-state index is 0.0446. The molecule has 1 heterocycles. The molecule has 1 N–H and O–H groups in total. The smallest absolute Gasteiger partial charge is 0.238 e. The van der Waals surface area contributed by atoms with Gasteiger partial charge in [0, 0.05) is 18.8 Å². The molecule has 0 aromatic heterocycles. The normalized spacial score (nSPS) is 17.7. The third-order valence-electron chi connectivity index (χ3n) is 3.85. The fourth-order valence-corrected chi connectivity index (χ4v) is 2.29. The van der Waals surface area contributed by atoms with Gasteiger partial charge in [-0.15, -0.1) is 0 Å². The lowest BCUT2D eigenvalue weighted by Crippen LogP contribution is -2.41. The summed E-state index contributed by atoms with van der Waals surface area (Å²) >= 11 is 0. The van der Waals surface area contributed by atoms with E-state index in [-0.39, 0.29) is 5.91 Å². The summed E-state index contributed by atoms with van der Waals surface area (Å²) in [4.78, 5) is 14.1. The van der Waals surface area contributed by atoms with E-state index in [9.17, 15) is 4.79 Å². The third-order valence-corrected chi connectivity index (χ3v) is 3.85. The number of carbonyl (C=O) groups excluding carboxylic acids is 1. The summed E-state index contributed by atoms with van der Waals surface area (Å²) < 4.78 is 5.27. The van der Waals surface area contributed by atoms with Gasteiger partial charge in [-0.1, -0.05) is 26.0 Å². The van der Waals surface area contributed by atoms with Gasteiger partial charge in [-0.2, -0.15) is 0 Å². The topological polar surface area (TPSA) is 41.6 Å². The minimum Gasteiger partial charge on any atom is -0.379 e. The Morgan fingerprint density at radius 1 is 1.30 bits per heavy atom. The monoisotopic (exact) mass is 276 g/mol. The summed E-state index contributed by atoms with van der Waals surface area (Å²) in [7, 11) is 0. The molecule has 4 heteroatoms. The average molecular weight is 276 g/mol. The SMILES string of the molecule is CC[C@@H](C)c1ccc(NC(=O)CN2CCOCC2)cc1. The van der Waals surface area contributed by atoms with Crippen LogP contribution in [0.4, 0.5) is 5.69 Å². The van der Waals surface area contributed by atoms with Crippen LogP contribution in [0.5, 0.6) is 0 Å². The van der Waals surface area contributed by atoms with Gasteiger partial charge in [-0.3, -0.25) is 9.69 Å². The Morgan fingerprint density at radius 2 is 1.95 bits per heavy atom. The summed E-state index contributed by atoms with van der Waals surface area (Å²) in [5, 5.41) is 2.95. The summed E-state index contributed by atoms with van der Waals surface area (Å²) in [5.41, 5.74) is 2.19. The van der Waals surface area contributed by atoms with Crippen LogP contribution in [0, 0.1) is 0 Å². The van der Waals surface area contributed by atoms with Crippen LogP contribution < -0.4 is 5.32 Å². The highest BCUT2D eigenvalue weighted by Crippen LogP contribution is 2.20. The number of nitrogens with one attached hydrogen (secondary N) is 1. The van der Waals surface area contributed by atoms with Crippen molar-refractivity contribution in [3.8, 4) is 0 Å². The maximum absolute atomic E-state index is 12.0. The molecule has 1 saturated heterocycles. The van der Waals surface area contributed by atoms with Gasteiger partial charge in [-0.25, -0.2) is 0 Å². The van der Waals surface area contributed by atoms with Crippen LogP contribution in [0.2, 0.25) is 0 Å². The Bertz CT molecular complexity index is 425. The lowest BCUT2D eigenvalue weighted by atomic mass is 9.99. The van der Waals surface area contributed by atoms with E-state index in [0.717, 1.165) is 38.4 Å². The van der Waals surface area contributed by atoms with Gasteiger partial charge in [0.05, 0.1) is 19.8 Å². The number of amides is 1. The first-order chi connectivity index (χ1) is 9.69. The van der Waals surface area contributed by atoms with Crippen LogP contribution in [-0.2, 0) is 9.53 Å². The van der Waals surface area contributed by atoms with E-state index < -0.39 is 0 Å². The molecule has 0 bridgehead atoms. The lowest BCUT2D eigenvalue weighted by Gasteiger charge is -2.25. The molecule has 0 aliphatic carbocycles. The van der Waals surface area contributed by atoms with Crippen LogP contribution in [0.15, 0.2) is 24.3 Å². The molecule has 1 atom stereocenters. The van der Waals surface area contributed by atoms with Crippen LogP contribution in [0.3, 0.4) is 0 Å². The van der Waals surface area contributed by atoms with Crippen molar-refractivity contribution < 1.29 is 9.53 Å². The predicted molar refractivity (Wildman–Crippen MR) is 81.0 cm³/mol. The first-order valence-corrected chi connectivity index (χ1v) is 7.39. The van der Waals surface area contributed by atoms with Gasteiger partial charge < -0.3 is 10.1 Å². The second-order valence-corrected chi connectivity index (χ2v) is 5.37. The van der Waals surface area contributed by atoms with Gasteiger partial charge in [0.25, 0.3) is 0 Å². The molecule has 1 amide bonds. The van der Waals surface area contributed by atoms with Crippen molar-refractivity contribution in [2.24, 2.45) is 0 Å².